The Labute approximate surface area is 126 Å². The van der Waals surface area contributed by atoms with Crippen molar-refractivity contribution in [1.29, 1.82) is 0 Å². The fourth-order valence-corrected chi connectivity index (χ4v) is 2.60. The van der Waals surface area contributed by atoms with Gasteiger partial charge < -0.3 is 9.64 Å². The van der Waals surface area contributed by atoms with Crippen LogP contribution in [0.2, 0.25) is 0 Å². The second kappa shape index (κ2) is 8.15. The van der Waals surface area contributed by atoms with Gasteiger partial charge in [0.25, 0.3) is 5.91 Å². The summed E-state index contributed by atoms with van der Waals surface area (Å²) < 4.78 is 5.32. The molecule has 0 unspecified atom stereocenters. The molecule has 1 amide bonds. The molecular formula is C16H24ClNO2. The topological polar surface area (TPSA) is 29.5 Å². The second-order valence-corrected chi connectivity index (χ2v) is 5.24. The molecule has 0 atom stereocenters. The lowest BCUT2D eigenvalue weighted by atomic mass is 10.1. The van der Waals surface area contributed by atoms with Gasteiger partial charge in [-0.25, -0.2) is 0 Å². The van der Waals surface area contributed by atoms with Crippen LogP contribution in [0.25, 0.3) is 0 Å². The fourth-order valence-electron chi connectivity index (χ4n) is 2.41. The summed E-state index contributed by atoms with van der Waals surface area (Å²) in [5.41, 5.74) is 1.66. The highest BCUT2D eigenvalue weighted by molar-refractivity contribution is 6.18. The van der Waals surface area contributed by atoms with Crippen molar-refractivity contribution < 1.29 is 9.53 Å². The van der Waals surface area contributed by atoms with Crippen LogP contribution < -0.4 is 4.74 Å². The lowest BCUT2D eigenvalue weighted by Gasteiger charge is -2.30. The average Bonchev–Trinajstić information content (AvgIpc) is 2.46. The van der Waals surface area contributed by atoms with Crippen LogP contribution in [0.1, 0.15) is 42.6 Å². The van der Waals surface area contributed by atoms with Gasteiger partial charge in [-0.05, 0) is 31.9 Å². The molecule has 0 fully saturated rings. The number of benzene rings is 1. The van der Waals surface area contributed by atoms with E-state index in [0.717, 1.165) is 18.4 Å². The molecule has 0 aliphatic carbocycles. The van der Waals surface area contributed by atoms with E-state index < -0.39 is 0 Å². The molecule has 0 N–H and O–H groups in total. The number of nitrogens with zero attached hydrogens (tertiary/aromatic N) is 1. The lowest BCUT2D eigenvalue weighted by Crippen LogP contribution is -2.41. The zero-order chi connectivity index (χ0) is 15.1. The second-order valence-electron chi connectivity index (χ2n) is 4.86. The number of carbonyl (C=O) groups is 1. The summed E-state index contributed by atoms with van der Waals surface area (Å²) >= 11 is 5.87. The molecule has 0 aromatic heterocycles. The third-order valence-electron chi connectivity index (χ3n) is 3.55. The number of halogens is 1. The maximum absolute atomic E-state index is 12.8. The molecule has 1 rings (SSSR count). The van der Waals surface area contributed by atoms with Crippen LogP contribution in [-0.4, -0.2) is 36.4 Å². The molecule has 0 saturated carbocycles. The molecule has 20 heavy (non-hydrogen) atoms. The monoisotopic (exact) mass is 297 g/mol. The smallest absolute Gasteiger partial charge is 0.257 e. The van der Waals surface area contributed by atoms with Gasteiger partial charge in [-0.3, -0.25) is 4.79 Å². The van der Waals surface area contributed by atoms with Crippen LogP contribution in [-0.2, 0) is 0 Å². The van der Waals surface area contributed by atoms with Gasteiger partial charge in [0.05, 0.1) is 12.7 Å². The van der Waals surface area contributed by atoms with Gasteiger partial charge >= 0.3 is 0 Å². The number of aryl methyl sites for hydroxylation is 1. The predicted molar refractivity (Wildman–Crippen MR) is 83.9 cm³/mol. The first-order valence-electron chi connectivity index (χ1n) is 7.10. The van der Waals surface area contributed by atoms with Crippen LogP contribution in [0, 0.1) is 6.92 Å². The Morgan fingerprint density at radius 1 is 1.35 bits per heavy atom. The Balaban J connectivity index is 3.14. The molecule has 112 valence electrons. The third-order valence-corrected chi connectivity index (χ3v) is 3.72. The van der Waals surface area contributed by atoms with Crippen molar-refractivity contribution in [2.75, 3.05) is 19.5 Å². The maximum Gasteiger partial charge on any atom is 0.257 e. The Hall–Kier alpha value is -1.22. The normalized spacial score (nSPS) is 10.7. The van der Waals surface area contributed by atoms with Gasteiger partial charge in [-0.2, -0.15) is 0 Å². The maximum atomic E-state index is 12.8. The highest BCUT2D eigenvalue weighted by Gasteiger charge is 2.24. The van der Waals surface area contributed by atoms with E-state index in [1.807, 2.05) is 30.0 Å². The van der Waals surface area contributed by atoms with E-state index in [1.54, 1.807) is 7.11 Å². The van der Waals surface area contributed by atoms with E-state index in [1.165, 1.54) is 0 Å². The Morgan fingerprint density at radius 3 is 2.50 bits per heavy atom. The largest absolute Gasteiger partial charge is 0.496 e. The number of hydrogen-bond donors (Lipinski definition) is 0. The van der Waals surface area contributed by atoms with E-state index in [9.17, 15) is 4.79 Å². The van der Waals surface area contributed by atoms with Gasteiger partial charge in [0.1, 0.15) is 5.75 Å². The number of hydrogen-bond acceptors (Lipinski definition) is 2. The van der Waals surface area contributed by atoms with Crippen molar-refractivity contribution in [3.05, 3.63) is 29.3 Å². The molecule has 0 spiro atoms. The number of ether oxygens (including phenoxy) is 1. The Bertz CT molecular complexity index is 444. The van der Waals surface area contributed by atoms with Crippen LogP contribution in [0.4, 0.5) is 0 Å². The van der Waals surface area contributed by atoms with Crippen LogP contribution in [0.3, 0.4) is 0 Å². The van der Waals surface area contributed by atoms with Gasteiger partial charge in [0.15, 0.2) is 0 Å². The van der Waals surface area contributed by atoms with E-state index in [0.29, 0.717) is 23.7 Å². The highest BCUT2D eigenvalue weighted by atomic mass is 35.5. The van der Waals surface area contributed by atoms with Gasteiger partial charge in [-0.1, -0.05) is 25.5 Å². The van der Waals surface area contributed by atoms with E-state index in [2.05, 4.69) is 13.8 Å². The first-order chi connectivity index (χ1) is 9.58. The first kappa shape index (κ1) is 16.8. The van der Waals surface area contributed by atoms with Crippen molar-refractivity contribution in [1.82, 2.24) is 4.90 Å². The summed E-state index contributed by atoms with van der Waals surface area (Å²) in [7, 11) is 1.59. The predicted octanol–water partition coefficient (Wildman–Crippen LogP) is 3.87. The van der Waals surface area contributed by atoms with Crippen LogP contribution >= 0.6 is 11.6 Å². The number of alkyl halides is 1. The number of amides is 1. The molecular weight excluding hydrogens is 274 g/mol. The molecule has 0 radical (unpaired) electrons. The summed E-state index contributed by atoms with van der Waals surface area (Å²) in [5.74, 6) is 1.06. The van der Waals surface area contributed by atoms with E-state index in [4.69, 9.17) is 16.3 Å². The minimum absolute atomic E-state index is 0.0000926. The Kier molecular flexibility index (Phi) is 6.86. The van der Waals surface area contributed by atoms with Crippen molar-refractivity contribution in [2.24, 2.45) is 0 Å². The first-order valence-corrected chi connectivity index (χ1v) is 7.64. The zero-order valence-corrected chi connectivity index (χ0v) is 13.5. The summed E-state index contributed by atoms with van der Waals surface area (Å²) in [5, 5.41) is 0. The van der Waals surface area contributed by atoms with Crippen molar-refractivity contribution in [2.45, 2.75) is 39.7 Å². The molecule has 1 aromatic carbocycles. The van der Waals surface area contributed by atoms with E-state index in [-0.39, 0.29) is 11.9 Å². The minimum Gasteiger partial charge on any atom is -0.496 e. The molecule has 3 nitrogen and oxygen atoms in total. The molecule has 0 aliphatic rings. The number of methoxy groups -OCH3 is 1. The lowest BCUT2D eigenvalue weighted by molar-refractivity contribution is 0.0678. The molecule has 1 aromatic rings. The van der Waals surface area contributed by atoms with Gasteiger partial charge in [-0.15, -0.1) is 11.6 Å². The molecule has 0 saturated heterocycles. The molecule has 0 aliphatic heterocycles. The third kappa shape index (κ3) is 3.89. The number of carbonyl (C=O) groups excluding carboxylic acids is 1. The minimum atomic E-state index is -0.0000926. The number of rotatable bonds is 7. The Morgan fingerprint density at radius 2 is 2.00 bits per heavy atom. The summed E-state index contributed by atoms with van der Waals surface area (Å²) in [6.07, 6.45) is 1.85. The average molecular weight is 298 g/mol. The highest BCUT2D eigenvalue weighted by Crippen LogP contribution is 2.23. The summed E-state index contributed by atoms with van der Waals surface area (Å²) in [6, 6.07) is 5.88. The van der Waals surface area contributed by atoms with Crippen molar-refractivity contribution in [3.8, 4) is 5.75 Å². The standard InChI is InChI=1S/C16H24ClNO2/c1-5-13(6-2)18(10-9-17)16(19)14-11-12(3)7-8-15(14)20-4/h7-8,11,13H,5-6,9-10H2,1-4H3. The summed E-state index contributed by atoms with van der Waals surface area (Å²) in [6.45, 7) is 6.72. The zero-order valence-electron chi connectivity index (χ0n) is 12.8. The molecule has 4 heteroatoms. The fraction of sp³-hybridized carbons (Fsp3) is 0.562. The van der Waals surface area contributed by atoms with Gasteiger partial charge in [0, 0.05) is 18.5 Å². The molecule has 0 heterocycles. The van der Waals surface area contributed by atoms with E-state index >= 15 is 0 Å². The summed E-state index contributed by atoms with van der Waals surface area (Å²) in [4.78, 5) is 14.7. The van der Waals surface area contributed by atoms with Crippen LogP contribution in [0.15, 0.2) is 18.2 Å². The SMILES string of the molecule is CCC(CC)N(CCCl)C(=O)c1cc(C)ccc1OC. The van der Waals surface area contributed by atoms with Crippen LogP contribution in [0.5, 0.6) is 5.75 Å². The van der Waals surface area contributed by atoms with Crippen molar-refractivity contribution >= 4 is 17.5 Å². The van der Waals surface area contributed by atoms with Gasteiger partial charge in [0.2, 0.25) is 0 Å². The quantitative estimate of drug-likeness (QED) is 0.715. The van der Waals surface area contributed by atoms with Crippen molar-refractivity contribution in [3.63, 3.8) is 0 Å². The molecule has 0 bridgehead atoms.